The first-order valence-electron chi connectivity index (χ1n) is 10.7. The molecule has 98 valence electrons. The Morgan fingerprint density at radius 1 is 1.50 bits per heavy atom. The summed E-state index contributed by atoms with van der Waals surface area (Å²) in [7, 11) is 0. The zero-order chi connectivity index (χ0) is 21.8. The van der Waals surface area contributed by atoms with Gasteiger partial charge in [0.25, 0.3) is 0 Å². The van der Waals surface area contributed by atoms with Gasteiger partial charge in [-0.2, -0.15) is 0 Å². The van der Waals surface area contributed by atoms with Crippen molar-refractivity contribution in [3.05, 3.63) is 35.9 Å². The molecule has 1 saturated carbocycles. The lowest BCUT2D eigenvalue weighted by atomic mass is 9.91. The van der Waals surface area contributed by atoms with Crippen LogP contribution in [-0.4, -0.2) is 30.3 Å². The maximum atomic E-state index is 13.5. The lowest BCUT2D eigenvalue weighted by Crippen LogP contribution is -2.40. The summed E-state index contributed by atoms with van der Waals surface area (Å²) in [5.74, 6) is -1.74. The number of carbonyl (C=O) groups excluding carboxylic acids is 1. The minimum atomic E-state index is -3.56. The van der Waals surface area contributed by atoms with Crippen LogP contribution in [0, 0.1) is 5.92 Å². The fourth-order valence-electron chi connectivity index (χ4n) is 2.42. The number of nitrogens with zero attached hydrogens (tertiary/aromatic N) is 1. The Morgan fingerprint density at radius 2 is 2.17 bits per heavy atom. The molecular weight excluding hydrogens is 224 g/mol. The average Bonchev–Trinajstić information content (AvgIpc) is 3.29. The maximum Gasteiger partial charge on any atom is 0.233 e. The third-order valence-electron chi connectivity index (χ3n) is 3.49. The summed E-state index contributed by atoms with van der Waals surface area (Å²) < 4.78 is 76.7. The van der Waals surface area contributed by atoms with E-state index in [9.17, 15) is 4.79 Å². The van der Waals surface area contributed by atoms with Gasteiger partial charge in [-0.15, -0.1) is 0 Å². The monoisotopic (exact) mass is 256 g/mol. The summed E-state index contributed by atoms with van der Waals surface area (Å²) >= 11 is 0. The van der Waals surface area contributed by atoms with Crippen LogP contribution in [0.2, 0.25) is 0 Å². The maximum absolute atomic E-state index is 13.5. The zero-order valence-electron chi connectivity index (χ0n) is 19.8. The zero-order valence-corrected chi connectivity index (χ0v) is 9.81. The van der Waals surface area contributed by atoms with Crippen molar-refractivity contribution in [3.63, 3.8) is 0 Å². The van der Waals surface area contributed by atoms with Gasteiger partial charge in [-0.3, -0.25) is 4.79 Å². The van der Waals surface area contributed by atoms with Crippen LogP contribution >= 0.6 is 0 Å². The molecule has 1 aliphatic carbocycles. The smallest absolute Gasteiger partial charge is 0.233 e. The summed E-state index contributed by atoms with van der Waals surface area (Å²) in [4.78, 5) is 13.2. The summed E-state index contributed by atoms with van der Waals surface area (Å²) in [6.07, 6.45) is 0.136. The number of hydrogen-bond donors (Lipinski definition) is 1. The van der Waals surface area contributed by atoms with Crippen LogP contribution in [0.1, 0.15) is 39.4 Å². The van der Waals surface area contributed by atoms with Gasteiger partial charge in [0.05, 0.1) is 5.41 Å². The second kappa shape index (κ2) is 5.11. The van der Waals surface area contributed by atoms with Gasteiger partial charge in [0.1, 0.15) is 0 Å². The predicted molar refractivity (Wildman–Crippen MR) is 73.2 cm³/mol. The third-order valence-corrected chi connectivity index (χ3v) is 3.49. The molecule has 2 N–H and O–H groups in total. The molecule has 0 aliphatic heterocycles. The Hall–Kier alpha value is -1.35. The van der Waals surface area contributed by atoms with Gasteiger partial charge in [-0.1, -0.05) is 30.3 Å². The predicted octanol–water partition coefficient (Wildman–Crippen LogP) is 1.77. The largest absolute Gasteiger partial charge is 0.342 e. The highest BCUT2D eigenvalue weighted by Crippen LogP contribution is 2.54. The van der Waals surface area contributed by atoms with Gasteiger partial charge < -0.3 is 10.6 Å². The van der Waals surface area contributed by atoms with E-state index in [0.29, 0.717) is 5.56 Å². The van der Waals surface area contributed by atoms with Gasteiger partial charge in [0, 0.05) is 26.7 Å². The number of amides is 1. The van der Waals surface area contributed by atoms with Crippen LogP contribution in [0.15, 0.2) is 30.3 Å². The van der Waals surface area contributed by atoms with Crippen molar-refractivity contribution >= 4 is 5.91 Å². The highest BCUT2D eigenvalue weighted by atomic mass is 16.2. The first-order valence-corrected chi connectivity index (χ1v) is 5.65. The molecule has 0 saturated heterocycles. The molecule has 0 heterocycles. The van der Waals surface area contributed by atoms with E-state index in [2.05, 4.69) is 0 Å². The van der Waals surface area contributed by atoms with Crippen molar-refractivity contribution in [1.82, 2.24) is 4.90 Å². The minimum absolute atomic E-state index is 0.0159. The minimum Gasteiger partial charge on any atom is -0.342 e. The van der Waals surface area contributed by atoms with Gasteiger partial charge >= 0.3 is 0 Å². The van der Waals surface area contributed by atoms with Gasteiger partial charge in [-0.05, 0) is 38.2 Å². The molecule has 0 radical (unpaired) electrons. The Kier molecular flexibility index (Phi) is 1.51. The number of carbonyl (C=O) groups is 1. The molecule has 2 rings (SSSR count). The molecule has 1 amide bonds. The molecular formula is C15H22N2O. The second-order valence-corrected chi connectivity index (χ2v) is 4.34. The second-order valence-electron chi connectivity index (χ2n) is 4.34. The molecule has 1 aromatic rings. The first kappa shape index (κ1) is 5.33. The molecule has 2 atom stereocenters. The molecule has 0 spiro atoms. The Labute approximate surface area is 123 Å². The number of likely N-dealkylation sites (N-methyl/N-ethyl adjacent to an activating group) is 1. The normalized spacial score (nSPS) is 37.1. The molecule has 3 heteroatoms. The van der Waals surface area contributed by atoms with Crippen LogP contribution in [0.25, 0.3) is 0 Å². The third kappa shape index (κ3) is 1.93. The lowest BCUT2D eigenvalue weighted by molar-refractivity contribution is -0.134. The van der Waals surface area contributed by atoms with E-state index in [4.69, 9.17) is 19.4 Å². The summed E-state index contributed by atoms with van der Waals surface area (Å²) in [5.41, 5.74) is 4.62. The molecule has 1 aromatic carbocycles. The van der Waals surface area contributed by atoms with Crippen molar-refractivity contribution < 1.29 is 18.5 Å². The van der Waals surface area contributed by atoms with E-state index in [1.54, 1.807) is 30.3 Å². The average molecular weight is 256 g/mol. The van der Waals surface area contributed by atoms with Crippen LogP contribution in [0.3, 0.4) is 0 Å². The van der Waals surface area contributed by atoms with Gasteiger partial charge in [0.15, 0.2) is 0 Å². The molecule has 18 heavy (non-hydrogen) atoms. The summed E-state index contributed by atoms with van der Waals surface area (Å²) in [6, 6.07) is 8.07. The Bertz CT molecular complexity index is 705. The fraction of sp³-hybridized carbons (Fsp3) is 0.533. The molecule has 1 fully saturated rings. The molecule has 1 aliphatic rings. The Balaban J connectivity index is 2.69. The van der Waals surface area contributed by atoms with E-state index >= 15 is 0 Å². The molecule has 0 bridgehead atoms. The van der Waals surface area contributed by atoms with Crippen LogP contribution < -0.4 is 5.73 Å². The fourth-order valence-corrected chi connectivity index (χ4v) is 2.42. The summed E-state index contributed by atoms with van der Waals surface area (Å²) in [5, 5.41) is 0. The molecule has 0 unspecified atom stereocenters. The van der Waals surface area contributed by atoms with Crippen molar-refractivity contribution in [2.24, 2.45) is 11.7 Å². The highest BCUT2D eigenvalue weighted by Gasteiger charge is 2.61. The van der Waals surface area contributed by atoms with E-state index in [1.165, 1.54) is 0 Å². The number of benzene rings is 1. The lowest BCUT2D eigenvalue weighted by Gasteiger charge is -2.26. The molecule has 3 nitrogen and oxygen atoms in total. The first-order chi connectivity index (χ1) is 12.5. The number of rotatable bonds is 5. The van der Waals surface area contributed by atoms with E-state index in [1.807, 2.05) is 0 Å². The summed E-state index contributed by atoms with van der Waals surface area (Å²) in [6.45, 7) is -14.1. The van der Waals surface area contributed by atoms with Crippen molar-refractivity contribution in [2.45, 2.75) is 25.5 Å². The SMILES string of the molecule is [2H]C([2H])([2H])C([2H])([2H])N(C(=O)[C@@]1(c2ccccc2)C[C@H]1CN)C([2H])([2H])C([2H])([2H])[2H]. The van der Waals surface area contributed by atoms with Gasteiger partial charge in [-0.25, -0.2) is 0 Å². The van der Waals surface area contributed by atoms with Gasteiger partial charge in [0.2, 0.25) is 5.91 Å². The quantitative estimate of drug-likeness (QED) is 0.873. The number of nitrogens with two attached hydrogens (primary N) is 1. The van der Waals surface area contributed by atoms with E-state index in [0.717, 1.165) is 0 Å². The van der Waals surface area contributed by atoms with Crippen molar-refractivity contribution in [2.75, 3.05) is 19.5 Å². The van der Waals surface area contributed by atoms with Crippen LogP contribution in [0.5, 0.6) is 0 Å². The van der Waals surface area contributed by atoms with E-state index < -0.39 is 43.9 Å². The van der Waals surface area contributed by atoms with Crippen molar-refractivity contribution in [3.8, 4) is 0 Å². The van der Waals surface area contributed by atoms with Crippen molar-refractivity contribution in [1.29, 1.82) is 0 Å². The number of hydrogen-bond acceptors (Lipinski definition) is 2. The van der Waals surface area contributed by atoms with Crippen LogP contribution in [0.4, 0.5) is 0 Å². The highest BCUT2D eigenvalue weighted by molar-refractivity contribution is 5.92. The Morgan fingerprint density at radius 3 is 2.67 bits per heavy atom. The van der Waals surface area contributed by atoms with E-state index in [-0.39, 0.29) is 17.9 Å². The van der Waals surface area contributed by atoms with Crippen LogP contribution in [-0.2, 0) is 10.2 Å². The standard InChI is InChI=1S/C15H22N2O/c1-3-17(4-2)14(18)15(10-13(15)11-16)12-8-6-5-7-9-12/h5-9,13H,3-4,10-11,16H2,1-2H3/t13-,15+/m0/s1/i1D3,2D3,3D2,4D2. The molecule has 0 aromatic heterocycles. The topological polar surface area (TPSA) is 46.3 Å².